The molecule has 2 atom stereocenters. The minimum Gasteiger partial charge on any atom is -0.480 e. The molecule has 36 heavy (non-hydrogen) atoms. The first-order valence-electron chi connectivity index (χ1n) is 12.0. The third-order valence-corrected chi connectivity index (χ3v) is 7.65. The topological polar surface area (TPSA) is 142 Å². The molecule has 0 spiro atoms. The zero-order valence-electron chi connectivity index (χ0n) is 20.1. The van der Waals surface area contributed by atoms with Crippen LogP contribution in [-0.2, 0) is 4.79 Å². The van der Waals surface area contributed by atoms with Gasteiger partial charge in [-0.05, 0) is 37.0 Å². The standard InChI is InChI=1S/C24H31Cl2N7O3/c1-2-16-13-32(23-20(26)29-18(22(28)34)21(27)30-23)11-12-33(16)17-7-9-31(10-8-17)19(24(35)36)14-3-5-15(25)6-4-14/h3-6,16-17,19H,2,7-13H2,1H3,(H2,27,30)(H2,28,34)(H,35,36)/t16-,19+/m0/s1. The van der Waals surface area contributed by atoms with Gasteiger partial charge in [-0.3, -0.25) is 19.4 Å². The smallest absolute Gasteiger partial charge is 0.325 e. The van der Waals surface area contributed by atoms with Crippen molar-refractivity contribution in [2.75, 3.05) is 43.4 Å². The number of piperidine rings is 1. The van der Waals surface area contributed by atoms with Gasteiger partial charge < -0.3 is 21.5 Å². The van der Waals surface area contributed by atoms with Crippen LogP contribution in [0.5, 0.6) is 0 Å². The summed E-state index contributed by atoms with van der Waals surface area (Å²) < 4.78 is 0. The molecule has 2 aromatic rings. The number of rotatable bonds is 7. The molecule has 12 heteroatoms. The van der Waals surface area contributed by atoms with Gasteiger partial charge in [0.1, 0.15) is 6.04 Å². The molecule has 3 heterocycles. The Bertz CT molecular complexity index is 1110. The van der Waals surface area contributed by atoms with E-state index in [-0.39, 0.29) is 22.7 Å². The van der Waals surface area contributed by atoms with Crippen LogP contribution in [0.4, 0.5) is 11.6 Å². The quantitative estimate of drug-likeness (QED) is 0.487. The molecule has 2 saturated heterocycles. The minimum absolute atomic E-state index is 0.0292. The van der Waals surface area contributed by atoms with Crippen LogP contribution in [-0.4, -0.2) is 81.6 Å². The number of carboxylic acid groups (broad SMARTS) is 1. The molecule has 0 aliphatic carbocycles. The largest absolute Gasteiger partial charge is 0.480 e. The number of piperazine rings is 1. The number of carbonyl (C=O) groups excluding carboxylic acids is 1. The van der Waals surface area contributed by atoms with E-state index in [1.165, 1.54) is 0 Å². The number of carboxylic acids is 1. The Labute approximate surface area is 220 Å². The lowest BCUT2D eigenvalue weighted by molar-refractivity contribution is -0.144. The van der Waals surface area contributed by atoms with Crippen LogP contribution in [0.15, 0.2) is 24.3 Å². The van der Waals surface area contributed by atoms with Crippen molar-refractivity contribution in [1.82, 2.24) is 19.8 Å². The predicted octanol–water partition coefficient (Wildman–Crippen LogP) is 2.66. The molecule has 194 valence electrons. The maximum absolute atomic E-state index is 12.1. The second-order valence-corrected chi connectivity index (χ2v) is 10.0. The fourth-order valence-electron chi connectivity index (χ4n) is 5.34. The van der Waals surface area contributed by atoms with Gasteiger partial charge in [-0.1, -0.05) is 42.3 Å². The third-order valence-electron chi connectivity index (χ3n) is 7.15. The average Bonchev–Trinajstić information content (AvgIpc) is 2.86. The first-order chi connectivity index (χ1) is 17.2. The van der Waals surface area contributed by atoms with Crippen molar-refractivity contribution in [3.63, 3.8) is 0 Å². The molecule has 1 aromatic carbocycles. The molecule has 0 bridgehead atoms. The van der Waals surface area contributed by atoms with E-state index in [0.29, 0.717) is 43.1 Å². The number of anilines is 2. The molecular formula is C24H31Cl2N7O3. The number of halogens is 2. The fraction of sp³-hybridized carbons (Fsp3) is 0.500. The average molecular weight is 536 g/mol. The molecule has 10 nitrogen and oxygen atoms in total. The van der Waals surface area contributed by atoms with Crippen LogP contribution in [0, 0.1) is 0 Å². The number of hydrogen-bond acceptors (Lipinski definition) is 8. The maximum Gasteiger partial charge on any atom is 0.325 e. The molecule has 1 aromatic heterocycles. The maximum atomic E-state index is 12.1. The van der Waals surface area contributed by atoms with E-state index in [1.54, 1.807) is 24.3 Å². The Morgan fingerprint density at radius 2 is 1.78 bits per heavy atom. The molecule has 0 saturated carbocycles. The van der Waals surface area contributed by atoms with Crippen molar-refractivity contribution in [2.24, 2.45) is 5.73 Å². The Morgan fingerprint density at radius 3 is 2.36 bits per heavy atom. The van der Waals surface area contributed by atoms with Gasteiger partial charge in [-0.15, -0.1) is 0 Å². The molecule has 5 N–H and O–H groups in total. The van der Waals surface area contributed by atoms with Crippen molar-refractivity contribution in [2.45, 2.75) is 44.3 Å². The van der Waals surface area contributed by atoms with Gasteiger partial charge in [-0.2, -0.15) is 0 Å². The Morgan fingerprint density at radius 1 is 1.11 bits per heavy atom. The van der Waals surface area contributed by atoms with Crippen molar-refractivity contribution in [1.29, 1.82) is 0 Å². The van der Waals surface area contributed by atoms with Crippen molar-refractivity contribution in [3.05, 3.63) is 45.7 Å². The monoisotopic (exact) mass is 535 g/mol. The molecule has 0 radical (unpaired) electrons. The number of aromatic nitrogens is 2. The molecule has 2 aliphatic rings. The minimum atomic E-state index is -0.851. The van der Waals surface area contributed by atoms with Gasteiger partial charge >= 0.3 is 5.97 Å². The lowest BCUT2D eigenvalue weighted by atomic mass is 9.95. The molecule has 2 fully saturated rings. The van der Waals surface area contributed by atoms with Crippen LogP contribution in [0.1, 0.15) is 48.3 Å². The molecule has 4 rings (SSSR count). The van der Waals surface area contributed by atoms with Crippen LogP contribution < -0.4 is 16.4 Å². The van der Waals surface area contributed by atoms with E-state index < -0.39 is 17.9 Å². The van der Waals surface area contributed by atoms with Gasteiger partial charge in [0, 0.05) is 49.8 Å². The number of nitrogen functional groups attached to an aromatic ring is 1. The number of nitrogens with zero attached hydrogens (tertiary/aromatic N) is 5. The fourth-order valence-corrected chi connectivity index (χ4v) is 5.71. The van der Waals surface area contributed by atoms with Gasteiger partial charge in [0.15, 0.2) is 22.5 Å². The number of aliphatic carboxylic acids is 1. The summed E-state index contributed by atoms with van der Waals surface area (Å²) in [7, 11) is 0. The summed E-state index contributed by atoms with van der Waals surface area (Å²) in [6.07, 6.45) is 2.70. The number of benzene rings is 1. The highest BCUT2D eigenvalue weighted by atomic mass is 35.5. The molecule has 0 unspecified atom stereocenters. The van der Waals surface area contributed by atoms with Gasteiger partial charge in [0.25, 0.3) is 5.91 Å². The van der Waals surface area contributed by atoms with E-state index in [9.17, 15) is 14.7 Å². The number of hydrogen-bond donors (Lipinski definition) is 3. The zero-order chi connectivity index (χ0) is 26.0. The highest BCUT2D eigenvalue weighted by molar-refractivity contribution is 6.32. The molecular weight excluding hydrogens is 505 g/mol. The Hall–Kier alpha value is -2.66. The third kappa shape index (κ3) is 5.51. The van der Waals surface area contributed by atoms with Crippen molar-refractivity contribution >= 4 is 46.7 Å². The van der Waals surface area contributed by atoms with E-state index in [2.05, 4.69) is 26.7 Å². The second-order valence-electron chi connectivity index (χ2n) is 9.24. The van der Waals surface area contributed by atoms with E-state index in [4.69, 9.17) is 34.7 Å². The first kappa shape index (κ1) is 26.4. The van der Waals surface area contributed by atoms with E-state index in [0.717, 1.165) is 31.4 Å². The summed E-state index contributed by atoms with van der Waals surface area (Å²) in [5, 5.41) is 10.6. The van der Waals surface area contributed by atoms with Crippen LogP contribution in [0.2, 0.25) is 10.2 Å². The molecule has 1 amide bonds. The normalized spacial score (nSPS) is 20.9. The number of primary amides is 1. The number of nitrogens with two attached hydrogens (primary N) is 2. The lowest BCUT2D eigenvalue weighted by Crippen LogP contribution is -2.58. The van der Waals surface area contributed by atoms with E-state index >= 15 is 0 Å². The Balaban J connectivity index is 1.42. The number of likely N-dealkylation sites (tertiary alicyclic amines) is 1. The number of carbonyl (C=O) groups is 2. The first-order valence-corrected chi connectivity index (χ1v) is 12.8. The predicted molar refractivity (Wildman–Crippen MR) is 139 cm³/mol. The van der Waals surface area contributed by atoms with Crippen molar-refractivity contribution in [3.8, 4) is 0 Å². The summed E-state index contributed by atoms with van der Waals surface area (Å²) in [6.45, 7) is 5.73. The Kier molecular flexibility index (Phi) is 8.19. The van der Waals surface area contributed by atoms with Crippen LogP contribution in [0.3, 0.4) is 0 Å². The number of amides is 1. The summed E-state index contributed by atoms with van der Waals surface area (Å²) in [4.78, 5) is 38.6. The van der Waals surface area contributed by atoms with Crippen LogP contribution in [0.25, 0.3) is 0 Å². The van der Waals surface area contributed by atoms with Gasteiger partial charge in [0.05, 0.1) is 0 Å². The zero-order valence-corrected chi connectivity index (χ0v) is 21.6. The summed E-state index contributed by atoms with van der Waals surface area (Å²) >= 11 is 12.3. The van der Waals surface area contributed by atoms with E-state index in [1.807, 2.05) is 4.90 Å². The summed E-state index contributed by atoms with van der Waals surface area (Å²) in [5.74, 6) is -1.19. The van der Waals surface area contributed by atoms with Crippen LogP contribution >= 0.6 is 23.2 Å². The SMILES string of the molecule is CC[C@H]1CN(c2nc(N)c(C(N)=O)nc2Cl)CCN1C1CCN([C@@H](C(=O)O)c2ccc(Cl)cc2)CC1. The van der Waals surface area contributed by atoms with Crippen molar-refractivity contribution < 1.29 is 14.7 Å². The highest BCUT2D eigenvalue weighted by Gasteiger charge is 2.37. The van der Waals surface area contributed by atoms with Gasteiger partial charge in [-0.25, -0.2) is 9.97 Å². The summed E-state index contributed by atoms with van der Waals surface area (Å²) in [6, 6.07) is 6.98. The van der Waals surface area contributed by atoms with Gasteiger partial charge in [0.2, 0.25) is 0 Å². The highest BCUT2D eigenvalue weighted by Crippen LogP contribution is 2.32. The summed E-state index contributed by atoms with van der Waals surface area (Å²) in [5.41, 5.74) is 11.8. The second kappa shape index (κ2) is 11.2. The molecule has 2 aliphatic heterocycles. The lowest BCUT2D eigenvalue weighted by Gasteiger charge is -2.48.